The molecule has 0 atom stereocenters. The van der Waals surface area contributed by atoms with Gasteiger partial charge in [0.2, 0.25) is 0 Å². The van der Waals surface area contributed by atoms with Crippen LogP contribution in [0.5, 0.6) is 0 Å². The van der Waals surface area contributed by atoms with Crippen LogP contribution in [0.2, 0.25) is 0 Å². The predicted molar refractivity (Wildman–Crippen MR) is 73.6 cm³/mol. The Bertz CT molecular complexity index is 342. The summed E-state index contributed by atoms with van der Waals surface area (Å²) in [6, 6.07) is 5.33. The van der Waals surface area contributed by atoms with Crippen LogP contribution in [0.1, 0.15) is 25.8 Å². The van der Waals surface area contributed by atoms with Crippen molar-refractivity contribution in [3.8, 4) is 0 Å². The Hall–Kier alpha value is -0.450. The first-order valence-electron chi connectivity index (χ1n) is 5.97. The van der Waals surface area contributed by atoms with E-state index in [4.69, 9.17) is 0 Å². The molecule has 1 aromatic carbocycles. The molecule has 0 bridgehead atoms. The highest BCUT2D eigenvalue weighted by Crippen LogP contribution is 2.17. The number of nitrogens with one attached hydrogen (secondary N) is 2. The van der Waals surface area contributed by atoms with Gasteiger partial charge in [0, 0.05) is 17.1 Å². The summed E-state index contributed by atoms with van der Waals surface area (Å²) in [5, 5.41) is 6.71. The third-order valence-electron chi connectivity index (χ3n) is 2.41. The lowest BCUT2D eigenvalue weighted by Gasteiger charge is -2.09. The minimum Gasteiger partial charge on any atom is -0.314 e. The Morgan fingerprint density at radius 3 is 2.71 bits per heavy atom. The van der Waals surface area contributed by atoms with Gasteiger partial charge < -0.3 is 10.6 Å². The van der Waals surface area contributed by atoms with Crippen LogP contribution in [0.25, 0.3) is 0 Å². The first-order chi connectivity index (χ1) is 8.09. The first kappa shape index (κ1) is 14.6. The maximum absolute atomic E-state index is 12.9. The summed E-state index contributed by atoms with van der Waals surface area (Å²) in [4.78, 5) is 0. The zero-order chi connectivity index (χ0) is 12.7. The smallest absolute Gasteiger partial charge is 0.124 e. The summed E-state index contributed by atoms with van der Waals surface area (Å²) >= 11 is 3.36. The molecule has 0 aliphatic heterocycles. The van der Waals surface area contributed by atoms with Gasteiger partial charge in [0.05, 0.1) is 0 Å². The van der Waals surface area contributed by atoms with Crippen molar-refractivity contribution in [1.29, 1.82) is 0 Å². The fraction of sp³-hybridized carbons (Fsp3) is 0.538. The van der Waals surface area contributed by atoms with Gasteiger partial charge in [0.25, 0.3) is 0 Å². The summed E-state index contributed by atoms with van der Waals surface area (Å²) < 4.78 is 13.7. The van der Waals surface area contributed by atoms with Crippen molar-refractivity contribution in [1.82, 2.24) is 10.6 Å². The third kappa shape index (κ3) is 6.15. The summed E-state index contributed by atoms with van der Waals surface area (Å²) in [7, 11) is 0. The normalized spacial score (nSPS) is 11.1. The second kappa shape index (κ2) is 7.80. The van der Waals surface area contributed by atoms with Crippen molar-refractivity contribution in [2.45, 2.75) is 32.9 Å². The van der Waals surface area contributed by atoms with E-state index in [1.807, 2.05) is 0 Å². The van der Waals surface area contributed by atoms with Gasteiger partial charge in [-0.1, -0.05) is 35.8 Å². The van der Waals surface area contributed by atoms with Crippen molar-refractivity contribution in [3.63, 3.8) is 0 Å². The van der Waals surface area contributed by atoms with Crippen molar-refractivity contribution in [3.05, 3.63) is 34.1 Å². The van der Waals surface area contributed by atoms with Gasteiger partial charge in [-0.2, -0.15) is 0 Å². The van der Waals surface area contributed by atoms with Crippen LogP contribution >= 0.6 is 15.9 Å². The highest BCUT2D eigenvalue weighted by molar-refractivity contribution is 9.10. The minimum absolute atomic E-state index is 0.207. The SMILES string of the molecule is CC(C)NCCCNCc1ccc(F)cc1Br. The Kier molecular flexibility index (Phi) is 6.70. The second-order valence-electron chi connectivity index (χ2n) is 4.37. The molecule has 0 aliphatic rings. The molecule has 96 valence electrons. The van der Waals surface area contributed by atoms with Gasteiger partial charge in [-0.15, -0.1) is 0 Å². The molecule has 0 heterocycles. The molecule has 0 saturated carbocycles. The number of halogens is 2. The molecule has 0 saturated heterocycles. The fourth-order valence-corrected chi connectivity index (χ4v) is 1.98. The molecule has 0 fully saturated rings. The third-order valence-corrected chi connectivity index (χ3v) is 3.15. The van der Waals surface area contributed by atoms with Gasteiger partial charge in [-0.05, 0) is 37.2 Å². The van der Waals surface area contributed by atoms with E-state index in [0.717, 1.165) is 36.1 Å². The van der Waals surface area contributed by atoms with Crippen LogP contribution < -0.4 is 10.6 Å². The number of rotatable bonds is 7. The van der Waals surface area contributed by atoms with Crippen LogP contribution in [0.3, 0.4) is 0 Å². The maximum atomic E-state index is 12.9. The van der Waals surface area contributed by atoms with Crippen molar-refractivity contribution >= 4 is 15.9 Å². The van der Waals surface area contributed by atoms with Crippen LogP contribution in [-0.2, 0) is 6.54 Å². The van der Waals surface area contributed by atoms with Crippen LogP contribution in [0.4, 0.5) is 4.39 Å². The van der Waals surface area contributed by atoms with Gasteiger partial charge in [0.15, 0.2) is 0 Å². The van der Waals surface area contributed by atoms with E-state index >= 15 is 0 Å². The topological polar surface area (TPSA) is 24.1 Å². The van der Waals surface area contributed by atoms with E-state index in [0.29, 0.717) is 6.04 Å². The average Bonchev–Trinajstić information content (AvgIpc) is 2.25. The quantitative estimate of drug-likeness (QED) is 0.757. The first-order valence-corrected chi connectivity index (χ1v) is 6.77. The van der Waals surface area contributed by atoms with Crippen LogP contribution in [0.15, 0.2) is 22.7 Å². The molecule has 0 aromatic heterocycles. The summed E-state index contributed by atoms with van der Waals surface area (Å²) in [6.07, 6.45) is 1.09. The van der Waals surface area contributed by atoms with Crippen molar-refractivity contribution in [2.75, 3.05) is 13.1 Å². The van der Waals surface area contributed by atoms with Crippen LogP contribution in [0, 0.1) is 5.82 Å². The number of hydrogen-bond donors (Lipinski definition) is 2. The van der Waals surface area contributed by atoms with Crippen molar-refractivity contribution < 1.29 is 4.39 Å². The Labute approximate surface area is 111 Å². The fourth-order valence-electron chi connectivity index (χ4n) is 1.49. The number of hydrogen-bond acceptors (Lipinski definition) is 2. The molecule has 0 unspecified atom stereocenters. The minimum atomic E-state index is -0.207. The van der Waals surface area contributed by atoms with E-state index in [-0.39, 0.29) is 5.82 Å². The molecular weight excluding hydrogens is 283 g/mol. The van der Waals surface area contributed by atoms with Gasteiger partial charge in [0.1, 0.15) is 5.82 Å². The lowest BCUT2D eigenvalue weighted by Crippen LogP contribution is -2.26. The predicted octanol–water partition coefficient (Wildman–Crippen LogP) is 3.07. The molecule has 2 N–H and O–H groups in total. The monoisotopic (exact) mass is 302 g/mol. The molecule has 1 rings (SSSR count). The summed E-state index contributed by atoms with van der Waals surface area (Å²) in [5.41, 5.74) is 1.09. The van der Waals surface area contributed by atoms with E-state index in [2.05, 4.69) is 40.4 Å². The lowest BCUT2D eigenvalue weighted by molar-refractivity contribution is 0.547. The standard InChI is InChI=1S/C13H20BrFN2/c1-10(2)17-7-3-6-16-9-11-4-5-12(15)8-13(11)14/h4-5,8,10,16-17H,3,6-7,9H2,1-2H3. The summed E-state index contributed by atoms with van der Waals surface area (Å²) in [5.74, 6) is -0.207. The highest BCUT2D eigenvalue weighted by Gasteiger charge is 2.00. The largest absolute Gasteiger partial charge is 0.314 e. The van der Waals surface area contributed by atoms with E-state index in [1.165, 1.54) is 12.1 Å². The molecule has 4 heteroatoms. The molecule has 1 aromatic rings. The van der Waals surface area contributed by atoms with Crippen molar-refractivity contribution in [2.24, 2.45) is 0 Å². The Morgan fingerprint density at radius 2 is 2.06 bits per heavy atom. The maximum Gasteiger partial charge on any atom is 0.124 e. The molecule has 0 aliphatic carbocycles. The Balaban J connectivity index is 2.18. The Morgan fingerprint density at radius 1 is 1.29 bits per heavy atom. The molecule has 2 nitrogen and oxygen atoms in total. The average molecular weight is 303 g/mol. The number of benzene rings is 1. The lowest BCUT2D eigenvalue weighted by atomic mass is 10.2. The van der Waals surface area contributed by atoms with E-state index < -0.39 is 0 Å². The van der Waals surface area contributed by atoms with Gasteiger partial charge in [-0.25, -0.2) is 4.39 Å². The molecule has 0 amide bonds. The molecule has 17 heavy (non-hydrogen) atoms. The zero-order valence-electron chi connectivity index (χ0n) is 10.4. The zero-order valence-corrected chi connectivity index (χ0v) is 12.0. The van der Waals surface area contributed by atoms with Gasteiger partial charge >= 0.3 is 0 Å². The van der Waals surface area contributed by atoms with Gasteiger partial charge in [-0.3, -0.25) is 0 Å². The summed E-state index contributed by atoms with van der Waals surface area (Å²) in [6.45, 7) is 7.04. The van der Waals surface area contributed by atoms with Crippen LogP contribution in [-0.4, -0.2) is 19.1 Å². The highest BCUT2D eigenvalue weighted by atomic mass is 79.9. The molecule has 0 radical (unpaired) electrons. The molecular formula is C13H20BrFN2. The van der Waals surface area contributed by atoms with E-state index in [1.54, 1.807) is 6.07 Å². The van der Waals surface area contributed by atoms with E-state index in [9.17, 15) is 4.39 Å². The molecule has 0 spiro atoms. The second-order valence-corrected chi connectivity index (χ2v) is 5.23.